The molecule has 1 saturated heterocycles. The molecule has 6 rings (SSSR count). The van der Waals surface area contributed by atoms with E-state index in [-0.39, 0.29) is 11.7 Å². The summed E-state index contributed by atoms with van der Waals surface area (Å²) in [4.78, 5) is 36.5. The third-order valence-electron chi connectivity index (χ3n) is 8.20. The van der Waals surface area contributed by atoms with Crippen LogP contribution in [0, 0.1) is 19.7 Å². The Hall–Kier alpha value is -5.35. The van der Waals surface area contributed by atoms with Crippen molar-refractivity contribution in [2.45, 2.75) is 45.7 Å². The Balaban J connectivity index is 1.24. The van der Waals surface area contributed by atoms with Gasteiger partial charge in [-0.2, -0.15) is 0 Å². The van der Waals surface area contributed by atoms with Gasteiger partial charge in [-0.05, 0) is 117 Å². The first-order chi connectivity index (χ1) is 22.2. The van der Waals surface area contributed by atoms with Crippen molar-refractivity contribution in [3.05, 3.63) is 119 Å². The summed E-state index contributed by atoms with van der Waals surface area (Å²) in [6, 6.07) is 20.6. The van der Waals surface area contributed by atoms with Gasteiger partial charge in [0, 0.05) is 53.3 Å². The molecule has 2 aromatic heterocycles. The number of aromatic nitrogens is 3. The van der Waals surface area contributed by atoms with Crippen molar-refractivity contribution < 1.29 is 19.1 Å². The molecule has 1 amide bonds. The standard InChI is InChI=1S/C36H35FN6O3/c1-23-13-16-42(21-23)30-18-25(22-43-15-4-3-5-33(43)35(45)46)17-29(20-30)39-34(44)27-7-6-24(2)32(19-27)41-36-38-14-12-31(40-36)26-8-10-28(37)11-9-26/h6-14,16-21,33H,3-5,15,22H2,1-2H3,(H,39,44)(H,45,46)(H,38,40,41)/t33-/m0/s1. The van der Waals surface area contributed by atoms with E-state index in [1.54, 1.807) is 36.5 Å². The lowest BCUT2D eigenvalue weighted by Gasteiger charge is -2.33. The van der Waals surface area contributed by atoms with Crippen molar-refractivity contribution in [2.75, 3.05) is 17.2 Å². The van der Waals surface area contributed by atoms with E-state index in [0.717, 1.165) is 40.8 Å². The Morgan fingerprint density at radius 1 is 1.00 bits per heavy atom. The van der Waals surface area contributed by atoms with Crippen molar-refractivity contribution in [1.82, 2.24) is 19.4 Å². The Labute approximate surface area is 266 Å². The van der Waals surface area contributed by atoms with Crippen LogP contribution in [0.3, 0.4) is 0 Å². The predicted molar refractivity (Wildman–Crippen MR) is 176 cm³/mol. The van der Waals surface area contributed by atoms with Crippen LogP contribution in [0.25, 0.3) is 16.9 Å². The quantitative estimate of drug-likeness (QED) is 0.161. The number of hydrogen-bond donors (Lipinski definition) is 3. The van der Waals surface area contributed by atoms with Crippen LogP contribution in [0.15, 0.2) is 91.4 Å². The van der Waals surface area contributed by atoms with Gasteiger partial charge < -0.3 is 20.3 Å². The van der Waals surface area contributed by atoms with E-state index in [4.69, 9.17) is 0 Å². The Morgan fingerprint density at radius 3 is 2.59 bits per heavy atom. The summed E-state index contributed by atoms with van der Waals surface area (Å²) in [5.41, 5.74) is 6.89. The number of anilines is 3. The summed E-state index contributed by atoms with van der Waals surface area (Å²) < 4.78 is 15.4. The summed E-state index contributed by atoms with van der Waals surface area (Å²) in [5.74, 6) is -1.07. The molecule has 0 aliphatic carbocycles. The summed E-state index contributed by atoms with van der Waals surface area (Å²) in [7, 11) is 0. The number of halogens is 1. The van der Waals surface area contributed by atoms with Crippen LogP contribution in [0.1, 0.15) is 46.3 Å². The minimum atomic E-state index is -0.804. The van der Waals surface area contributed by atoms with Gasteiger partial charge in [-0.25, -0.2) is 14.4 Å². The van der Waals surface area contributed by atoms with Gasteiger partial charge in [0.05, 0.1) is 5.69 Å². The molecule has 1 aliphatic heterocycles. The number of hydrogen-bond acceptors (Lipinski definition) is 6. The van der Waals surface area contributed by atoms with E-state index in [2.05, 4.69) is 20.6 Å². The van der Waals surface area contributed by atoms with Crippen LogP contribution < -0.4 is 10.6 Å². The number of nitrogens with zero attached hydrogens (tertiary/aromatic N) is 4. The topological polar surface area (TPSA) is 112 Å². The zero-order valence-electron chi connectivity index (χ0n) is 25.7. The molecule has 0 saturated carbocycles. The number of rotatable bonds is 9. The molecule has 10 heteroatoms. The first-order valence-electron chi connectivity index (χ1n) is 15.3. The fourth-order valence-electron chi connectivity index (χ4n) is 5.77. The average molecular weight is 619 g/mol. The predicted octanol–water partition coefficient (Wildman–Crippen LogP) is 7.13. The minimum absolute atomic E-state index is 0.294. The molecular weight excluding hydrogens is 583 g/mol. The van der Waals surface area contributed by atoms with E-state index in [9.17, 15) is 19.1 Å². The van der Waals surface area contributed by atoms with Gasteiger partial charge in [0.1, 0.15) is 11.9 Å². The number of carboxylic acid groups (broad SMARTS) is 1. The molecule has 3 heterocycles. The van der Waals surface area contributed by atoms with Crippen molar-refractivity contribution in [2.24, 2.45) is 0 Å². The fraction of sp³-hybridized carbons (Fsp3) is 0.222. The van der Waals surface area contributed by atoms with Crippen molar-refractivity contribution in [3.8, 4) is 16.9 Å². The second kappa shape index (κ2) is 13.3. The molecule has 1 aliphatic rings. The van der Waals surface area contributed by atoms with Crippen LogP contribution >= 0.6 is 0 Å². The summed E-state index contributed by atoms with van der Waals surface area (Å²) in [5, 5.41) is 16.1. The normalized spacial score (nSPS) is 15.0. The van der Waals surface area contributed by atoms with Crippen LogP contribution in [0.4, 0.5) is 21.7 Å². The number of nitrogens with one attached hydrogen (secondary N) is 2. The lowest BCUT2D eigenvalue weighted by molar-refractivity contribution is -0.144. The highest BCUT2D eigenvalue weighted by atomic mass is 19.1. The molecular formula is C36H35FN6O3. The van der Waals surface area contributed by atoms with Gasteiger partial charge >= 0.3 is 5.97 Å². The second-order valence-corrected chi connectivity index (χ2v) is 11.7. The molecule has 1 atom stereocenters. The number of carboxylic acids is 1. The summed E-state index contributed by atoms with van der Waals surface area (Å²) >= 11 is 0. The van der Waals surface area contributed by atoms with E-state index in [1.165, 1.54) is 12.1 Å². The molecule has 9 nitrogen and oxygen atoms in total. The first-order valence-corrected chi connectivity index (χ1v) is 15.3. The highest BCUT2D eigenvalue weighted by molar-refractivity contribution is 6.05. The Bertz CT molecular complexity index is 1890. The monoisotopic (exact) mass is 618 g/mol. The third kappa shape index (κ3) is 7.13. The molecule has 3 aromatic carbocycles. The number of piperidine rings is 1. The van der Waals surface area contributed by atoms with E-state index in [0.29, 0.717) is 48.1 Å². The molecule has 0 unspecified atom stereocenters. The van der Waals surface area contributed by atoms with Crippen LogP contribution in [-0.4, -0.2) is 49.0 Å². The molecule has 234 valence electrons. The number of benzene rings is 3. The van der Waals surface area contributed by atoms with Gasteiger partial charge in [0.25, 0.3) is 5.91 Å². The van der Waals surface area contributed by atoms with Crippen LogP contribution in [-0.2, 0) is 11.3 Å². The maximum Gasteiger partial charge on any atom is 0.320 e. The molecule has 0 spiro atoms. The zero-order chi connectivity index (χ0) is 32.2. The van der Waals surface area contributed by atoms with E-state index in [1.807, 2.05) is 66.0 Å². The first kappa shape index (κ1) is 30.7. The number of likely N-dealkylation sites (tertiary alicyclic amines) is 1. The maximum atomic E-state index is 13.6. The van der Waals surface area contributed by atoms with Gasteiger partial charge in [-0.15, -0.1) is 0 Å². The van der Waals surface area contributed by atoms with Crippen molar-refractivity contribution >= 4 is 29.2 Å². The van der Waals surface area contributed by atoms with E-state index < -0.39 is 12.0 Å². The molecule has 46 heavy (non-hydrogen) atoms. The molecule has 0 radical (unpaired) electrons. The van der Waals surface area contributed by atoms with Gasteiger partial charge in [0.15, 0.2) is 0 Å². The lowest BCUT2D eigenvalue weighted by atomic mass is 10.0. The van der Waals surface area contributed by atoms with Crippen molar-refractivity contribution in [3.63, 3.8) is 0 Å². The molecule has 5 aromatic rings. The molecule has 1 fully saturated rings. The average Bonchev–Trinajstić information content (AvgIpc) is 3.49. The molecule has 3 N–H and O–H groups in total. The molecule has 0 bridgehead atoms. The highest BCUT2D eigenvalue weighted by Crippen LogP contribution is 2.27. The SMILES string of the molecule is Cc1ccn(-c2cc(CN3CCCC[C@H]3C(=O)O)cc(NC(=O)c3ccc(C)c(Nc4nccc(-c5ccc(F)cc5)n4)c3)c2)c1. The fourth-order valence-corrected chi connectivity index (χ4v) is 5.77. The minimum Gasteiger partial charge on any atom is -0.480 e. The lowest BCUT2D eigenvalue weighted by Crippen LogP contribution is -2.44. The summed E-state index contributed by atoms with van der Waals surface area (Å²) in [6.07, 6.45) is 8.08. The largest absolute Gasteiger partial charge is 0.480 e. The number of carbonyl (C=O) groups excluding carboxylic acids is 1. The third-order valence-corrected chi connectivity index (χ3v) is 8.20. The van der Waals surface area contributed by atoms with Crippen molar-refractivity contribution in [1.29, 1.82) is 0 Å². The highest BCUT2D eigenvalue weighted by Gasteiger charge is 2.28. The van der Waals surface area contributed by atoms with Gasteiger partial charge in [-0.1, -0.05) is 12.5 Å². The zero-order valence-corrected chi connectivity index (χ0v) is 25.7. The smallest absolute Gasteiger partial charge is 0.320 e. The number of carbonyl (C=O) groups is 2. The van der Waals surface area contributed by atoms with Gasteiger partial charge in [0.2, 0.25) is 5.95 Å². The second-order valence-electron chi connectivity index (χ2n) is 11.7. The van der Waals surface area contributed by atoms with E-state index >= 15 is 0 Å². The number of amides is 1. The van der Waals surface area contributed by atoms with Crippen LogP contribution in [0.2, 0.25) is 0 Å². The van der Waals surface area contributed by atoms with Crippen LogP contribution in [0.5, 0.6) is 0 Å². The number of aryl methyl sites for hydroxylation is 2. The van der Waals surface area contributed by atoms with Gasteiger partial charge in [-0.3, -0.25) is 14.5 Å². The summed E-state index contributed by atoms with van der Waals surface area (Å²) in [6.45, 7) is 5.11. The Kier molecular flexibility index (Phi) is 8.89. The number of aliphatic carboxylic acids is 1. The maximum absolute atomic E-state index is 13.6. The Morgan fingerprint density at radius 2 is 1.83 bits per heavy atom.